The molecule has 4 nitrogen and oxygen atoms in total. The molecule has 126 valence electrons. The molecule has 0 aliphatic rings. The van der Waals surface area contributed by atoms with Gasteiger partial charge >= 0.3 is 0 Å². The summed E-state index contributed by atoms with van der Waals surface area (Å²) in [7, 11) is 0. The molecule has 4 heteroatoms. The van der Waals surface area contributed by atoms with E-state index in [0.29, 0.717) is 11.5 Å². The summed E-state index contributed by atoms with van der Waals surface area (Å²) in [4.78, 5) is 10.8. The fourth-order valence-corrected chi connectivity index (χ4v) is 2.97. The quantitative estimate of drug-likeness (QED) is 0.508. The van der Waals surface area contributed by atoms with Crippen LogP contribution in [0.5, 0.6) is 5.75 Å². The van der Waals surface area contributed by atoms with E-state index in [9.17, 15) is 15.2 Å². The Morgan fingerprint density at radius 2 is 1.60 bits per heavy atom. The van der Waals surface area contributed by atoms with Crippen molar-refractivity contribution < 1.29 is 10.0 Å². The second-order valence-corrected chi connectivity index (χ2v) is 6.17. The van der Waals surface area contributed by atoms with Gasteiger partial charge in [0.1, 0.15) is 5.75 Å². The monoisotopic (exact) mass is 333 g/mol. The molecule has 0 fully saturated rings. The highest BCUT2D eigenvalue weighted by atomic mass is 16.6. The number of hydrogen-bond acceptors (Lipinski definition) is 3. The van der Waals surface area contributed by atoms with Gasteiger partial charge in [-0.15, -0.1) is 0 Å². The van der Waals surface area contributed by atoms with Crippen molar-refractivity contribution in [1.29, 1.82) is 0 Å². The first kappa shape index (κ1) is 16.7. The predicted octanol–water partition coefficient (Wildman–Crippen LogP) is 5.31. The molecule has 0 aromatic heterocycles. The van der Waals surface area contributed by atoms with Crippen molar-refractivity contribution in [3.63, 3.8) is 0 Å². The molecule has 0 saturated heterocycles. The lowest BCUT2D eigenvalue weighted by Crippen LogP contribution is -1.98. The Morgan fingerprint density at radius 1 is 0.960 bits per heavy atom. The van der Waals surface area contributed by atoms with Gasteiger partial charge in [-0.25, -0.2) is 0 Å². The lowest BCUT2D eigenvalue weighted by atomic mass is 9.92. The Kier molecular flexibility index (Phi) is 4.80. The summed E-state index contributed by atoms with van der Waals surface area (Å²) in [6.07, 6.45) is 0.866. The number of nitro benzene ring substituents is 1. The Bertz CT molecular complexity index is 870. The second kappa shape index (κ2) is 7.18. The van der Waals surface area contributed by atoms with Crippen LogP contribution in [0.4, 0.5) is 5.69 Å². The predicted molar refractivity (Wildman–Crippen MR) is 98.8 cm³/mol. The molecule has 0 radical (unpaired) electrons. The maximum atomic E-state index is 11.2. The van der Waals surface area contributed by atoms with Crippen molar-refractivity contribution in [1.82, 2.24) is 0 Å². The summed E-state index contributed by atoms with van der Waals surface area (Å²) in [5.74, 6) is 0.578. The van der Waals surface area contributed by atoms with E-state index in [1.807, 2.05) is 42.5 Å². The third-order valence-electron chi connectivity index (χ3n) is 4.37. The molecule has 0 bridgehead atoms. The second-order valence-electron chi connectivity index (χ2n) is 6.17. The van der Waals surface area contributed by atoms with Crippen LogP contribution in [0.15, 0.2) is 72.8 Å². The first-order valence-electron chi connectivity index (χ1n) is 8.16. The van der Waals surface area contributed by atoms with Crippen LogP contribution in [0.2, 0.25) is 0 Å². The standard InChI is InChI=1S/C21H19NO3/c1-15(14-16-6-12-19(23)13-7-16)17-8-10-18(11-9-17)20-4-2-3-5-21(20)22(24)25/h2-13,15,23H,14H2,1H3. The van der Waals surface area contributed by atoms with Gasteiger partial charge in [0.25, 0.3) is 5.69 Å². The van der Waals surface area contributed by atoms with Crippen LogP contribution in [0.3, 0.4) is 0 Å². The number of aromatic hydroxyl groups is 1. The van der Waals surface area contributed by atoms with Crippen molar-refractivity contribution in [2.45, 2.75) is 19.3 Å². The molecule has 0 spiro atoms. The number of rotatable bonds is 5. The zero-order valence-electron chi connectivity index (χ0n) is 13.9. The average molecular weight is 333 g/mol. The average Bonchev–Trinajstić information content (AvgIpc) is 2.63. The van der Waals surface area contributed by atoms with E-state index in [1.165, 1.54) is 11.6 Å². The molecule has 1 N–H and O–H groups in total. The van der Waals surface area contributed by atoms with Gasteiger partial charge in [0.15, 0.2) is 0 Å². The van der Waals surface area contributed by atoms with Crippen LogP contribution >= 0.6 is 0 Å². The van der Waals surface area contributed by atoms with Gasteiger partial charge in [-0.1, -0.05) is 55.5 Å². The first-order chi connectivity index (χ1) is 12.0. The van der Waals surface area contributed by atoms with E-state index in [2.05, 4.69) is 6.92 Å². The molecule has 1 unspecified atom stereocenters. The Hall–Kier alpha value is -3.14. The van der Waals surface area contributed by atoms with Crippen molar-refractivity contribution >= 4 is 5.69 Å². The molecule has 3 aromatic carbocycles. The molecule has 25 heavy (non-hydrogen) atoms. The van der Waals surface area contributed by atoms with Crippen molar-refractivity contribution in [2.24, 2.45) is 0 Å². The normalized spacial score (nSPS) is 11.9. The molecule has 3 aromatic rings. The highest BCUT2D eigenvalue weighted by Crippen LogP contribution is 2.31. The minimum atomic E-state index is -0.351. The lowest BCUT2D eigenvalue weighted by molar-refractivity contribution is -0.384. The maximum Gasteiger partial charge on any atom is 0.277 e. The Morgan fingerprint density at radius 3 is 2.24 bits per heavy atom. The van der Waals surface area contributed by atoms with Gasteiger partial charge in [-0.05, 0) is 47.2 Å². The van der Waals surface area contributed by atoms with E-state index in [1.54, 1.807) is 24.3 Å². The van der Waals surface area contributed by atoms with Crippen LogP contribution in [0.1, 0.15) is 24.0 Å². The zero-order valence-corrected chi connectivity index (χ0v) is 13.9. The number of hydrogen-bond donors (Lipinski definition) is 1. The number of phenols is 1. The Labute approximate surface area is 146 Å². The lowest BCUT2D eigenvalue weighted by Gasteiger charge is -2.13. The van der Waals surface area contributed by atoms with Crippen LogP contribution in [0, 0.1) is 10.1 Å². The SMILES string of the molecule is CC(Cc1ccc(O)cc1)c1ccc(-c2ccccc2[N+](=O)[O-])cc1. The molecular weight excluding hydrogens is 314 g/mol. The molecule has 0 heterocycles. The van der Waals surface area contributed by atoms with Gasteiger partial charge < -0.3 is 5.11 Å². The number of nitro groups is 1. The first-order valence-corrected chi connectivity index (χ1v) is 8.16. The molecule has 0 amide bonds. The molecule has 0 aliphatic carbocycles. The van der Waals surface area contributed by atoms with E-state index in [-0.39, 0.29) is 16.4 Å². The van der Waals surface area contributed by atoms with Gasteiger partial charge in [0, 0.05) is 6.07 Å². The van der Waals surface area contributed by atoms with Gasteiger partial charge in [-0.2, -0.15) is 0 Å². The van der Waals surface area contributed by atoms with E-state index in [4.69, 9.17) is 0 Å². The van der Waals surface area contributed by atoms with Crippen molar-refractivity contribution in [2.75, 3.05) is 0 Å². The van der Waals surface area contributed by atoms with Crippen molar-refractivity contribution in [3.8, 4) is 16.9 Å². The number of para-hydroxylation sites is 1. The topological polar surface area (TPSA) is 63.4 Å². The summed E-state index contributed by atoms with van der Waals surface area (Å²) in [6, 6.07) is 21.9. The van der Waals surface area contributed by atoms with Gasteiger partial charge in [0.2, 0.25) is 0 Å². The molecular formula is C21H19NO3. The third-order valence-corrected chi connectivity index (χ3v) is 4.37. The summed E-state index contributed by atoms with van der Waals surface area (Å²) in [6.45, 7) is 2.15. The third kappa shape index (κ3) is 3.86. The fourth-order valence-electron chi connectivity index (χ4n) is 2.97. The van der Waals surface area contributed by atoms with E-state index in [0.717, 1.165) is 17.5 Å². The van der Waals surface area contributed by atoms with E-state index < -0.39 is 0 Å². The summed E-state index contributed by atoms with van der Waals surface area (Å²) in [5.41, 5.74) is 3.92. The minimum Gasteiger partial charge on any atom is -0.508 e. The zero-order chi connectivity index (χ0) is 17.8. The summed E-state index contributed by atoms with van der Waals surface area (Å²) in [5, 5.41) is 20.5. The molecule has 1 atom stereocenters. The smallest absolute Gasteiger partial charge is 0.277 e. The summed E-state index contributed by atoms with van der Waals surface area (Å²) >= 11 is 0. The number of nitrogens with zero attached hydrogens (tertiary/aromatic N) is 1. The van der Waals surface area contributed by atoms with Gasteiger partial charge in [-0.3, -0.25) is 10.1 Å². The van der Waals surface area contributed by atoms with E-state index >= 15 is 0 Å². The molecule has 0 aliphatic heterocycles. The van der Waals surface area contributed by atoms with Crippen molar-refractivity contribution in [3.05, 3.63) is 94.0 Å². The van der Waals surface area contributed by atoms with Crippen LogP contribution < -0.4 is 0 Å². The largest absolute Gasteiger partial charge is 0.508 e. The van der Waals surface area contributed by atoms with Crippen LogP contribution in [0.25, 0.3) is 11.1 Å². The maximum absolute atomic E-state index is 11.2. The van der Waals surface area contributed by atoms with Gasteiger partial charge in [0.05, 0.1) is 10.5 Å². The minimum absolute atomic E-state index is 0.118. The van der Waals surface area contributed by atoms with Crippen LogP contribution in [-0.4, -0.2) is 10.0 Å². The van der Waals surface area contributed by atoms with Crippen LogP contribution in [-0.2, 0) is 6.42 Å². The highest BCUT2D eigenvalue weighted by molar-refractivity contribution is 5.73. The summed E-state index contributed by atoms with van der Waals surface area (Å²) < 4.78 is 0. The highest BCUT2D eigenvalue weighted by Gasteiger charge is 2.14. The molecule has 0 saturated carbocycles. The fraction of sp³-hybridized carbons (Fsp3) is 0.143. The number of benzene rings is 3. The molecule has 3 rings (SSSR count). The Balaban J connectivity index is 1.80. The number of phenolic OH excluding ortho intramolecular Hbond substituents is 1.